The Labute approximate surface area is 108 Å². The number of sulfonamides is 1. The fraction of sp³-hybridized carbons (Fsp3) is 0.500. The summed E-state index contributed by atoms with van der Waals surface area (Å²) < 4.78 is 30.8. The van der Waals surface area contributed by atoms with Gasteiger partial charge in [0.2, 0.25) is 10.0 Å². The molecule has 0 spiro atoms. The molecule has 5 nitrogen and oxygen atoms in total. The van der Waals surface area contributed by atoms with Crippen molar-refractivity contribution in [2.24, 2.45) is 0 Å². The second-order valence-corrected chi connectivity index (χ2v) is 6.40. The van der Waals surface area contributed by atoms with Crippen molar-refractivity contribution in [3.8, 4) is 5.75 Å². The van der Waals surface area contributed by atoms with Gasteiger partial charge >= 0.3 is 0 Å². The molecule has 2 rings (SSSR count). The number of ether oxygens (including phenoxy) is 1. The van der Waals surface area contributed by atoms with Gasteiger partial charge in [-0.1, -0.05) is 12.1 Å². The number of nitrogens with zero attached hydrogens (tertiary/aromatic N) is 1. The molecular weight excluding hydrogens is 252 g/mol. The second-order valence-electron chi connectivity index (χ2n) is 4.31. The van der Waals surface area contributed by atoms with Crippen molar-refractivity contribution in [3.05, 3.63) is 24.3 Å². The predicted octanol–water partition coefficient (Wildman–Crippen LogP) is 1.07. The van der Waals surface area contributed by atoms with Gasteiger partial charge in [0.15, 0.2) is 0 Å². The van der Waals surface area contributed by atoms with Crippen molar-refractivity contribution in [1.82, 2.24) is 4.31 Å². The predicted molar refractivity (Wildman–Crippen MR) is 70.9 cm³/mol. The van der Waals surface area contributed by atoms with Crippen LogP contribution in [0, 0.1) is 0 Å². The first-order valence-corrected chi connectivity index (χ1v) is 7.66. The van der Waals surface area contributed by atoms with Crippen molar-refractivity contribution in [2.75, 3.05) is 31.2 Å². The lowest BCUT2D eigenvalue weighted by atomic mass is 10.3. The summed E-state index contributed by atoms with van der Waals surface area (Å²) in [6, 6.07) is 7.08. The minimum absolute atomic E-state index is 0.00132. The standard InChI is InChI=1S/C12H18N2O3S/c13-11-5-1-2-6-12(11)17-9-10-18(15,16)14-7-3-4-8-14/h1-2,5-6H,3-4,7-10,13H2. The maximum Gasteiger partial charge on any atom is 0.217 e. The van der Waals surface area contributed by atoms with E-state index < -0.39 is 10.0 Å². The molecule has 100 valence electrons. The molecule has 1 fully saturated rings. The van der Waals surface area contributed by atoms with Gasteiger partial charge in [-0.05, 0) is 25.0 Å². The zero-order valence-corrected chi connectivity index (χ0v) is 11.0. The van der Waals surface area contributed by atoms with Crippen LogP contribution in [-0.4, -0.2) is 38.2 Å². The summed E-state index contributed by atoms with van der Waals surface area (Å²) in [6.07, 6.45) is 1.90. The maximum atomic E-state index is 11.9. The number of anilines is 1. The highest BCUT2D eigenvalue weighted by molar-refractivity contribution is 7.89. The first-order chi connectivity index (χ1) is 8.59. The van der Waals surface area contributed by atoms with Gasteiger partial charge in [-0.25, -0.2) is 12.7 Å². The average Bonchev–Trinajstić information content (AvgIpc) is 2.86. The smallest absolute Gasteiger partial charge is 0.217 e. The van der Waals surface area contributed by atoms with Crippen molar-refractivity contribution in [2.45, 2.75) is 12.8 Å². The van der Waals surface area contributed by atoms with Gasteiger partial charge in [-0.15, -0.1) is 0 Å². The Balaban J connectivity index is 1.87. The van der Waals surface area contributed by atoms with Crippen LogP contribution in [0.2, 0.25) is 0 Å². The average molecular weight is 270 g/mol. The Morgan fingerprint density at radius 1 is 1.22 bits per heavy atom. The van der Waals surface area contributed by atoms with E-state index in [1.807, 2.05) is 6.07 Å². The fourth-order valence-electron chi connectivity index (χ4n) is 1.96. The number of hydrogen-bond acceptors (Lipinski definition) is 4. The van der Waals surface area contributed by atoms with Crippen LogP contribution in [0.5, 0.6) is 5.75 Å². The van der Waals surface area contributed by atoms with Gasteiger partial charge in [-0.3, -0.25) is 0 Å². The van der Waals surface area contributed by atoms with Crippen LogP contribution in [0.15, 0.2) is 24.3 Å². The van der Waals surface area contributed by atoms with E-state index in [1.165, 1.54) is 4.31 Å². The highest BCUT2D eigenvalue weighted by Crippen LogP contribution is 2.20. The normalized spacial score (nSPS) is 16.9. The molecule has 0 unspecified atom stereocenters. The SMILES string of the molecule is Nc1ccccc1OCCS(=O)(=O)N1CCCC1. The first kappa shape index (κ1) is 13.2. The molecule has 0 saturated carbocycles. The van der Waals surface area contributed by atoms with Crippen LogP contribution in [-0.2, 0) is 10.0 Å². The van der Waals surface area contributed by atoms with Crippen LogP contribution >= 0.6 is 0 Å². The number of nitrogen functional groups attached to an aromatic ring is 1. The van der Waals surface area contributed by atoms with Crippen molar-refractivity contribution >= 4 is 15.7 Å². The minimum Gasteiger partial charge on any atom is -0.490 e. The second kappa shape index (κ2) is 5.58. The molecule has 0 aliphatic carbocycles. The lowest BCUT2D eigenvalue weighted by Crippen LogP contribution is -2.32. The van der Waals surface area contributed by atoms with Crippen LogP contribution in [0.1, 0.15) is 12.8 Å². The molecule has 0 atom stereocenters. The monoisotopic (exact) mass is 270 g/mol. The van der Waals surface area contributed by atoms with Crippen molar-refractivity contribution < 1.29 is 13.2 Å². The quantitative estimate of drug-likeness (QED) is 0.812. The van der Waals surface area contributed by atoms with E-state index in [4.69, 9.17) is 10.5 Å². The fourth-order valence-corrected chi connectivity index (χ4v) is 3.33. The summed E-state index contributed by atoms with van der Waals surface area (Å²) in [7, 11) is -3.18. The van der Waals surface area contributed by atoms with Crippen molar-refractivity contribution in [1.29, 1.82) is 0 Å². The molecule has 1 aromatic rings. The Hall–Kier alpha value is -1.27. The number of para-hydroxylation sites is 2. The first-order valence-electron chi connectivity index (χ1n) is 6.05. The third kappa shape index (κ3) is 3.14. The summed E-state index contributed by atoms with van der Waals surface area (Å²) in [5.41, 5.74) is 6.23. The summed E-state index contributed by atoms with van der Waals surface area (Å²) in [5.74, 6) is 0.538. The molecule has 0 aromatic heterocycles. The lowest BCUT2D eigenvalue weighted by Gasteiger charge is -2.15. The number of rotatable bonds is 5. The number of benzene rings is 1. The summed E-state index contributed by atoms with van der Waals surface area (Å²) in [6.45, 7) is 1.40. The molecule has 1 aromatic carbocycles. The Morgan fingerprint density at radius 2 is 1.89 bits per heavy atom. The zero-order chi connectivity index (χ0) is 13.0. The van der Waals surface area contributed by atoms with Gasteiger partial charge in [0.05, 0.1) is 11.4 Å². The van der Waals surface area contributed by atoms with Gasteiger partial charge in [0, 0.05) is 13.1 Å². The molecule has 6 heteroatoms. The van der Waals surface area contributed by atoms with E-state index in [9.17, 15) is 8.42 Å². The minimum atomic E-state index is -3.18. The molecule has 18 heavy (non-hydrogen) atoms. The largest absolute Gasteiger partial charge is 0.490 e. The van der Waals surface area contributed by atoms with Crippen molar-refractivity contribution in [3.63, 3.8) is 0 Å². The molecule has 1 heterocycles. The van der Waals surface area contributed by atoms with Crippen LogP contribution < -0.4 is 10.5 Å². The Morgan fingerprint density at radius 3 is 2.56 bits per heavy atom. The summed E-state index contributed by atoms with van der Waals surface area (Å²) in [4.78, 5) is 0. The third-order valence-corrected chi connectivity index (χ3v) is 4.81. The highest BCUT2D eigenvalue weighted by Gasteiger charge is 2.24. The maximum absolute atomic E-state index is 11.9. The van der Waals surface area contributed by atoms with Crippen LogP contribution in [0.25, 0.3) is 0 Å². The summed E-state index contributed by atoms with van der Waals surface area (Å²) in [5, 5.41) is 0. The highest BCUT2D eigenvalue weighted by atomic mass is 32.2. The van der Waals surface area contributed by atoms with Crippen LogP contribution in [0.4, 0.5) is 5.69 Å². The van der Waals surface area contributed by atoms with E-state index in [0.717, 1.165) is 12.8 Å². The van der Waals surface area contributed by atoms with Gasteiger partial charge in [-0.2, -0.15) is 0 Å². The van der Waals surface area contributed by atoms with E-state index in [1.54, 1.807) is 18.2 Å². The number of hydrogen-bond donors (Lipinski definition) is 1. The lowest BCUT2D eigenvalue weighted by molar-refractivity contribution is 0.338. The number of nitrogens with two attached hydrogens (primary N) is 1. The molecule has 1 aliphatic rings. The van der Waals surface area contributed by atoms with E-state index in [0.29, 0.717) is 24.5 Å². The topological polar surface area (TPSA) is 72.6 Å². The zero-order valence-electron chi connectivity index (χ0n) is 10.2. The Bertz CT molecular complexity index is 496. The Kier molecular flexibility index (Phi) is 4.08. The van der Waals surface area contributed by atoms with E-state index in [2.05, 4.69) is 0 Å². The van der Waals surface area contributed by atoms with Crippen LogP contribution in [0.3, 0.4) is 0 Å². The summed E-state index contributed by atoms with van der Waals surface area (Å²) >= 11 is 0. The van der Waals surface area contributed by atoms with E-state index >= 15 is 0 Å². The van der Waals surface area contributed by atoms with Gasteiger partial charge in [0.1, 0.15) is 12.4 Å². The van der Waals surface area contributed by atoms with E-state index in [-0.39, 0.29) is 12.4 Å². The molecule has 0 bridgehead atoms. The molecule has 1 aliphatic heterocycles. The molecule has 1 saturated heterocycles. The molecular formula is C12H18N2O3S. The van der Waals surface area contributed by atoms with Gasteiger partial charge < -0.3 is 10.5 Å². The molecule has 2 N–H and O–H groups in total. The van der Waals surface area contributed by atoms with Gasteiger partial charge in [0.25, 0.3) is 0 Å². The molecule has 0 radical (unpaired) electrons. The third-order valence-electron chi connectivity index (χ3n) is 2.98. The molecule has 0 amide bonds.